The lowest BCUT2D eigenvalue weighted by Gasteiger charge is -2.07. The Morgan fingerprint density at radius 3 is 2.21 bits per heavy atom. The molecular weight excluding hydrogens is 298 g/mol. The maximum absolute atomic E-state index is 4.19. The van der Waals surface area contributed by atoms with Crippen molar-refractivity contribution in [3.05, 3.63) is 65.4 Å². The number of benzene rings is 3. The zero-order valence-electron chi connectivity index (χ0n) is 10.1. The zero-order chi connectivity index (χ0) is 12.8. The fourth-order valence-corrected chi connectivity index (χ4v) is 3.08. The van der Waals surface area contributed by atoms with Gasteiger partial charge in [-0.15, -0.1) is 0 Å². The van der Waals surface area contributed by atoms with Gasteiger partial charge in [-0.3, -0.25) is 4.98 Å². The van der Waals surface area contributed by atoms with E-state index < -0.39 is 0 Å². The van der Waals surface area contributed by atoms with E-state index in [4.69, 9.17) is 0 Å². The van der Waals surface area contributed by atoms with Crippen molar-refractivity contribution in [1.29, 1.82) is 0 Å². The van der Waals surface area contributed by atoms with E-state index >= 15 is 0 Å². The van der Waals surface area contributed by atoms with E-state index in [1.54, 1.807) is 0 Å². The molecule has 19 heavy (non-hydrogen) atoms. The maximum atomic E-state index is 4.19. The van der Waals surface area contributed by atoms with Gasteiger partial charge in [-0.25, -0.2) is 0 Å². The van der Waals surface area contributed by atoms with Crippen molar-refractivity contribution in [1.82, 2.24) is 4.98 Å². The lowest BCUT2D eigenvalue weighted by molar-refractivity contribution is 1.37. The fraction of sp³-hybridized carbons (Fsp3) is 0. The number of aromatic nitrogens is 1. The van der Waals surface area contributed by atoms with Crippen LogP contribution in [0.2, 0.25) is 0 Å². The Balaban J connectivity index is 2.26. The van der Waals surface area contributed by atoms with Crippen LogP contribution in [-0.4, -0.2) is 4.98 Å². The van der Waals surface area contributed by atoms with Crippen LogP contribution >= 0.6 is 15.9 Å². The average Bonchev–Trinajstić information content (AvgIpc) is 2.46. The summed E-state index contributed by atoms with van der Waals surface area (Å²) in [7, 11) is 0. The number of halogens is 1. The standard InChI is InChI=1S/C17H10BrN/c18-13-3-6-14-11(9-13)1-4-17-15-7-8-19-10-12(15)2-5-16(14)17/h1-10H. The molecule has 0 N–H and O–H groups in total. The first kappa shape index (κ1) is 10.9. The van der Waals surface area contributed by atoms with Crippen molar-refractivity contribution in [2.75, 3.05) is 0 Å². The second-order valence-corrected chi connectivity index (χ2v) is 5.60. The molecule has 0 saturated carbocycles. The Hall–Kier alpha value is -1.93. The summed E-state index contributed by atoms with van der Waals surface area (Å²) in [5.41, 5.74) is 0. The van der Waals surface area contributed by atoms with E-state index in [9.17, 15) is 0 Å². The summed E-state index contributed by atoms with van der Waals surface area (Å²) in [6.07, 6.45) is 3.77. The molecule has 0 bridgehead atoms. The third-order valence-electron chi connectivity index (χ3n) is 3.60. The molecule has 0 amide bonds. The number of fused-ring (bicyclic) bond motifs is 5. The molecule has 4 rings (SSSR count). The SMILES string of the molecule is Brc1ccc2c(ccc3c4ccncc4ccc23)c1. The van der Waals surface area contributed by atoms with Gasteiger partial charge in [0, 0.05) is 22.3 Å². The molecule has 0 fully saturated rings. The molecule has 0 aliphatic rings. The summed E-state index contributed by atoms with van der Waals surface area (Å²) >= 11 is 3.53. The molecule has 0 atom stereocenters. The van der Waals surface area contributed by atoms with Crippen LogP contribution in [0.1, 0.15) is 0 Å². The lowest BCUT2D eigenvalue weighted by atomic mass is 9.98. The number of nitrogens with zero attached hydrogens (tertiary/aromatic N) is 1. The minimum absolute atomic E-state index is 1.12. The molecule has 0 spiro atoms. The Kier molecular flexibility index (Phi) is 2.32. The van der Waals surface area contributed by atoms with Crippen LogP contribution in [0.3, 0.4) is 0 Å². The molecule has 90 valence electrons. The monoisotopic (exact) mass is 307 g/mol. The molecular formula is C17H10BrN. The highest BCUT2D eigenvalue weighted by atomic mass is 79.9. The maximum Gasteiger partial charge on any atom is 0.0346 e. The second-order valence-electron chi connectivity index (χ2n) is 4.69. The topological polar surface area (TPSA) is 12.9 Å². The van der Waals surface area contributed by atoms with Crippen molar-refractivity contribution in [2.45, 2.75) is 0 Å². The molecule has 0 aliphatic carbocycles. The van der Waals surface area contributed by atoms with Crippen LogP contribution in [0.25, 0.3) is 32.3 Å². The third kappa shape index (κ3) is 1.64. The van der Waals surface area contributed by atoms with Crippen LogP contribution in [0.15, 0.2) is 65.4 Å². The summed E-state index contributed by atoms with van der Waals surface area (Å²) in [5.74, 6) is 0. The second kappa shape index (κ2) is 4.04. The highest BCUT2D eigenvalue weighted by Gasteiger charge is 2.04. The van der Waals surface area contributed by atoms with Gasteiger partial charge in [0.15, 0.2) is 0 Å². The molecule has 0 aliphatic heterocycles. The van der Waals surface area contributed by atoms with E-state index in [1.165, 1.54) is 32.3 Å². The van der Waals surface area contributed by atoms with E-state index in [-0.39, 0.29) is 0 Å². The number of hydrogen-bond donors (Lipinski definition) is 0. The normalized spacial score (nSPS) is 11.4. The molecule has 4 aromatic rings. The van der Waals surface area contributed by atoms with Gasteiger partial charge >= 0.3 is 0 Å². The molecule has 0 unspecified atom stereocenters. The Labute approximate surface area is 119 Å². The third-order valence-corrected chi connectivity index (χ3v) is 4.09. The smallest absolute Gasteiger partial charge is 0.0346 e. The molecule has 1 nitrogen and oxygen atoms in total. The van der Waals surface area contributed by atoms with Gasteiger partial charge in [-0.1, -0.05) is 46.3 Å². The van der Waals surface area contributed by atoms with Gasteiger partial charge in [0.25, 0.3) is 0 Å². The van der Waals surface area contributed by atoms with Crippen LogP contribution in [0.5, 0.6) is 0 Å². The van der Waals surface area contributed by atoms with Crippen molar-refractivity contribution >= 4 is 48.2 Å². The van der Waals surface area contributed by atoms with Crippen LogP contribution in [-0.2, 0) is 0 Å². The van der Waals surface area contributed by atoms with E-state index in [0.717, 1.165) is 4.47 Å². The molecule has 2 heteroatoms. The van der Waals surface area contributed by atoms with E-state index in [1.807, 2.05) is 12.4 Å². The Morgan fingerprint density at radius 2 is 1.37 bits per heavy atom. The van der Waals surface area contributed by atoms with E-state index in [2.05, 4.69) is 69.4 Å². The summed E-state index contributed by atoms with van der Waals surface area (Å²) in [4.78, 5) is 4.19. The van der Waals surface area contributed by atoms with Crippen molar-refractivity contribution in [3.8, 4) is 0 Å². The van der Waals surface area contributed by atoms with Gasteiger partial charge < -0.3 is 0 Å². The van der Waals surface area contributed by atoms with Crippen LogP contribution < -0.4 is 0 Å². The van der Waals surface area contributed by atoms with Crippen molar-refractivity contribution < 1.29 is 0 Å². The van der Waals surface area contributed by atoms with Crippen LogP contribution in [0.4, 0.5) is 0 Å². The quantitative estimate of drug-likeness (QED) is 0.401. The van der Waals surface area contributed by atoms with Gasteiger partial charge in [0.05, 0.1) is 0 Å². The average molecular weight is 308 g/mol. The van der Waals surface area contributed by atoms with Crippen molar-refractivity contribution in [3.63, 3.8) is 0 Å². The van der Waals surface area contributed by atoms with Crippen LogP contribution in [0, 0.1) is 0 Å². The van der Waals surface area contributed by atoms with Crippen molar-refractivity contribution in [2.24, 2.45) is 0 Å². The number of rotatable bonds is 0. The predicted octanol–water partition coefficient (Wildman–Crippen LogP) is 5.30. The Morgan fingerprint density at radius 1 is 0.684 bits per heavy atom. The zero-order valence-corrected chi connectivity index (χ0v) is 11.7. The number of hydrogen-bond acceptors (Lipinski definition) is 1. The largest absolute Gasteiger partial charge is 0.264 e. The highest BCUT2D eigenvalue weighted by molar-refractivity contribution is 9.10. The first-order valence-electron chi connectivity index (χ1n) is 6.18. The molecule has 0 saturated heterocycles. The van der Waals surface area contributed by atoms with Gasteiger partial charge in [-0.2, -0.15) is 0 Å². The lowest BCUT2D eigenvalue weighted by Crippen LogP contribution is -1.81. The summed E-state index contributed by atoms with van der Waals surface area (Å²) in [6, 6.07) is 17.2. The minimum atomic E-state index is 1.12. The van der Waals surface area contributed by atoms with Gasteiger partial charge in [0.2, 0.25) is 0 Å². The molecule has 1 aromatic heterocycles. The molecule has 0 radical (unpaired) electrons. The first-order chi connectivity index (χ1) is 9.33. The molecule has 1 heterocycles. The number of pyridine rings is 1. The highest BCUT2D eigenvalue weighted by Crippen LogP contribution is 2.31. The Bertz CT molecular complexity index is 928. The van der Waals surface area contributed by atoms with Gasteiger partial charge in [0.1, 0.15) is 0 Å². The summed E-state index contributed by atoms with van der Waals surface area (Å²) in [6.45, 7) is 0. The predicted molar refractivity (Wildman–Crippen MR) is 84.5 cm³/mol. The van der Waals surface area contributed by atoms with E-state index in [0.29, 0.717) is 0 Å². The van der Waals surface area contributed by atoms with Gasteiger partial charge in [-0.05, 0) is 45.1 Å². The summed E-state index contributed by atoms with van der Waals surface area (Å²) in [5, 5.41) is 7.58. The minimum Gasteiger partial charge on any atom is -0.264 e. The first-order valence-corrected chi connectivity index (χ1v) is 6.97. The fourth-order valence-electron chi connectivity index (χ4n) is 2.70. The molecule has 3 aromatic carbocycles. The summed E-state index contributed by atoms with van der Waals surface area (Å²) < 4.78 is 1.12.